The Kier molecular flexibility index (Phi) is 8.36. The van der Waals surface area contributed by atoms with Crippen molar-refractivity contribution in [2.24, 2.45) is 5.73 Å². The average molecular weight is 335 g/mol. The molecule has 0 aliphatic heterocycles. The molecule has 0 aliphatic carbocycles. The van der Waals surface area contributed by atoms with Gasteiger partial charge in [-0.1, -0.05) is 0 Å². The molecule has 0 amide bonds. The summed E-state index contributed by atoms with van der Waals surface area (Å²) in [5.74, 6) is 0. The molecule has 0 radical (unpaired) electrons. The predicted molar refractivity (Wildman–Crippen MR) is 48.6 cm³/mol. The van der Waals surface area contributed by atoms with Crippen LogP contribution in [0.3, 0.4) is 0 Å². The van der Waals surface area contributed by atoms with Crippen molar-refractivity contribution >= 4 is 60.7 Å². The Labute approximate surface area is 123 Å². The zero-order valence-electron chi connectivity index (χ0n) is 7.77. The van der Waals surface area contributed by atoms with Crippen molar-refractivity contribution in [3.05, 3.63) is 0 Å². The first-order valence-corrected chi connectivity index (χ1v) is 6.72. The van der Waals surface area contributed by atoms with Gasteiger partial charge in [0.1, 0.15) is 0 Å². The summed E-state index contributed by atoms with van der Waals surface area (Å²) < 4.78 is 21.1. The van der Waals surface area contributed by atoms with Gasteiger partial charge in [0, 0.05) is 0 Å². The second kappa shape index (κ2) is 6.58. The van der Waals surface area contributed by atoms with E-state index in [4.69, 9.17) is 20.6 Å². The van der Waals surface area contributed by atoms with Crippen LogP contribution in [0, 0.1) is 0 Å². The fourth-order valence-electron chi connectivity index (χ4n) is 0.782. The van der Waals surface area contributed by atoms with Gasteiger partial charge in [-0.15, -0.1) is 0 Å². The summed E-state index contributed by atoms with van der Waals surface area (Å²) in [5.41, 5.74) is 4.96. The molecule has 0 saturated heterocycles. The molecule has 0 aromatic rings. The predicted octanol–water partition coefficient (Wildman–Crippen LogP) is -2.92. The summed E-state index contributed by atoms with van der Waals surface area (Å²) in [6, 6.07) is 0. The van der Waals surface area contributed by atoms with Crippen molar-refractivity contribution in [2.45, 2.75) is 17.9 Å². The molecule has 0 aromatic carbocycles. The molecule has 0 heterocycles. The Morgan fingerprint density at radius 1 is 1.20 bits per heavy atom. The molecule has 0 bridgehead atoms. The normalized spacial score (nSPS) is 23.1. The van der Waals surface area contributed by atoms with E-state index in [1.807, 2.05) is 0 Å². The van der Waals surface area contributed by atoms with E-state index in [1.165, 1.54) is 0 Å². The minimum absolute atomic E-state index is 0. The van der Waals surface area contributed by atoms with Gasteiger partial charge in [-0.05, 0) is 19.4 Å². The van der Waals surface area contributed by atoms with Crippen LogP contribution in [0.25, 0.3) is 0 Å². The summed E-state index contributed by atoms with van der Waals surface area (Å²) >= 11 is 0. The van der Waals surface area contributed by atoms with Gasteiger partial charge in [-0.3, -0.25) is 0 Å². The van der Waals surface area contributed by atoms with Gasteiger partial charge in [0.15, 0.2) is 20.3 Å². The van der Waals surface area contributed by atoms with Crippen molar-refractivity contribution in [3.63, 3.8) is 0 Å². The first-order chi connectivity index (χ1) is 6.06. The molecule has 0 saturated carbocycles. The fraction of sp³-hybridized carbons (Fsp3) is 1.00. The minimum atomic E-state index is -5.61. The number of aliphatic hydroxyl groups is 1. The summed E-state index contributed by atoms with van der Waals surface area (Å²) in [6.45, 7) is -0.0949. The quantitative estimate of drug-likeness (QED) is 0.306. The minimum Gasteiger partial charge on any atom is -0.776 e. The van der Waals surface area contributed by atoms with Crippen molar-refractivity contribution in [2.75, 3.05) is 6.54 Å². The van der Waals surface area contributed by atoms with Gasteiger partial charge < -0.3 is 39.5 Å². The fourth-order valence-corrected chi connectivity index (χ4v) is 2.94. The Bertz CT molecular complexity index is 263. The topological polar surface area (TPSA) is 167 Å². The summed E-state index contributed by atoms with van der Waals surface area (Å²) in [7, 11) is -11.2. The van der Waals surface area contributed by atoms with Gasteiger partial charge >= 0.3 is 45.5 Å². The Hall–Kier alpha value is 1.70. The third kappa shape index (κ3) is 4.83. The number of nitrogens with two attached hydrogens (primary N) is 1. The van der Waals surface area contributed by atoms with Crippen molar-refractivity contribution in [1.29, 1.82) is 0 Å². The molecule has 2 atom stereocenters. The summed E-state index contributed by atoms with van der Waals surface area (Å²) in [6.07, 6.45) is -1.06. The number of hydrogen-bond donors (Lipinski definition) is 4. The van der Waals surface area contributed by atoms with Gasteiger partial charge in [-0.25, -0.2) is 0 Å². The first kappa shape index (κ1) is 19.0. The van der Waals surface area contributed by atoms with Crippen LogP contribution >= 0.6 is 15.2 Å². The second-order valence-corrected chi connectivity index (χ2v) is 6.62. The van der Waals surface area contributed by atoms with E-state index in [0.717, 1.165) is 0 Å². The maximum atomic E-state index is 10.6. The van der Waals surface area contributed by atoms with Crippen LogP contribution in [0.2, 0.25) is 0 Å². The van der Waals surface area contributed by atoms with E-state index < -0.39 is 26.7 Å². The van der Waals surface area contributed by atoms with Crippen LogP contribution in [0.1, 0.15) is 12.8 Å². The van der Waals surface area contributed by atoms with Crippen LogP contribution in [0.4, 0.5) is 0 Å². The molecule has 8 nitrogen and oxygen atoms in total. The largest absolute Gasteiger partial charge is 2.00 e. The van der Waals surface area contributed by atoms with Crippen LogP contribution in [0.15, 0.2) is 0 Å². The van der Waals surface area contributed by atoms with E-state index in [2.05, 4.69) is 0 Å². The summed E-state index contributed by atoms with van der Waals surface area (Å²) in [4.78, 5) is 38.1. The molecule has 0 fully saturated rings. The van der Waals surface area contributed by atoms with E-state index in [-0.39, 0.29) is 58.4 Å². The van der Waals surface area contributed by atoms with Gasteiger partial charge in [-0.2, -0.15) is 0 Å². The molecule has 2 unspecified atom stereocenters. The Morgan fingerprint density at radius 2 is 1.53 bits per heavy atom. The Morgan fingerprint density at radius 3 is 1.73 bits per heavy atom. The maximum Gasteiger partial charge on any atom is 2.00 e. The van der Waals surface area contributed by atoms with Crippen LogP contribution in [-0.2, 0) is 9.13 Å². The molecular weight excluding hydrogens is 324 g/mol. The maximum absolute atomic E-state index is 10.6. The molecule has 0 aliphatic rings. The molecule has 15 heavy (non-hydrogen) atoms. The van der Waals surface area contributed by atoms with E-state index in [1.54, 1.807) is 0 Å². The SMILES string of the molecule is NCCCC(O)(P(=O)([O-])O)P(=O)([O-])O.[Sr+2]. The molecule has 0 aromatic heterocycles. The molecule has 11 heteroatoms. The second-order valence-electron chi connectivity index (χ2n) is 2.71. The zero-order chi connectivity index (χ0) is 11.6. The zero-order valence-corrected chi connectivity index (χ0v) is 13.0. The third-order valence-corrected chi connectivity index (χ3v) is 5.40. The molecule has 5 N–H and O–H groups in total. The van der Waals surface area contributed by atoms with Crippen molar-refractivity contribution in [1.82, 2.24) is 0 Å². The van der Waals surface area contributed by atoms with Gasteiger partial charge in [0.2, 0.25) is 0 Å². The Balaban J connectivity index is 0. The van der Waals surface area contributed by atoms with E-state index in [9.17, 15) is 18.9 Å². The monoisotopic (exact) mass is 335 g/mol. The molecular formula is C4H11NO7P2Sr. The third-order valence-electron chi connectivity index (χ3n) is 1.62. The van der Waals surface area contributed by atoms with Crippen molar-refractivity contribution < 1.29 is 33.8 Å². The standard InChI is InChI=1S/C4H13NO7P2.Sr/c5-3-1-2-4(6,13(7,8)9)14(10,11)12;/h6H,1-3,5H2,(H2,7,8,9)(H2,10,11,12);/q;+2/p-2. The molecule has 86 valence electrons. The van der Waals surface area contributed by atoms with Crippen LogP contribution < -0.4 is 15.5 Å². The van der Waals surface area contributed by atoms with Gasteiger partial charge in [0.25, 0.3) is 0 Å². The summed E-state index contributed by atoms with van der Waals surface area (Å²) in [5, 5.41) is 5.57. The van der Waals surface area contributed by atoms with E-state index in [0.29, 0.717) is 0 Å². The smallest absolute Gasteiger partial charge is 0.776 e. The van der Waals surface area contributed by atoms with Crippen molar-refractivity contribution in [3.8, 4) is 0 Å². The van der Waals surface area contributed by atoms with E-state index >= 15 is 0 Å². The van der Waals surface area contributed by atoms with Crippen LogP contribution in [-0.4, -0.2) is 72.0 Å². The number of hydrogen-bond acceptors (Lipinski definition) is 6. The molecule has 0 spiro atoms. The van der Waals surface area contributed by atoms with Crippen LogP contribution in [0.5, 0.6) is 0 Å². The first-order valence-electron chi connectivity index (χ1n) is 3.56. The number of rotatable bonds is 5. The average Bonchev–Trinajstić information content (AvgIpc) is 1.95. The van der Waals surface area contributed by atoms with Gasteiger partial charge in [0.05, 0.1) is 0 Å². The molecule has 0 rings (SSSR count).